The van der Waals surface area contributed by atoms with Crippen molar-refractivity contribution >= 4 is 22.6 Å². The molecular formula is C19H20N4O. The normalized spacial score (nSPS) is 11.7. The summed E-state index contributed by atoms with van der Waals surface area (Å²) in [4.78, 5) is 17.5. The second-order valence-corrected chi connectivity index (χ2v) is 5.64. The van der Waals surface area contributed by atoms with E-state index < -0.39 is 0 Å². The zero-order chi connectivity index (χ0) is 16.9. The van der Waals surface area contributed by atoms with E-state index in [1.807, 2.05) is 55.5 Å². The Morgan fingerprint density at radius 1 is 1.12 bits per heavy atom. The van der Waals surface area contributed by atoms with Crippen LogP contribution in [-0.4, -0.2) is 15.3 Å². The van der Waals surface area contributed by atoms with Gasteiger partial charge in [0.15, 0.2) is 0 Å². The Hall–Kier alpha value is -2.95. The first-order valence-corrected chi connectivity index (χ1v) is 8.07. The molecule has 0 aliphatic heterocycles. The van der Waals surface area contributed by atoms with Gasteiger partial charge in [-0.05, 0) is 37.6 Å². The minimum atomic E-state index is -0.113. The maximum Gasteiger partial charge on any atom is 0.267 e. The van der Waals surface area contributed by atoms with Crippen molar-refractivity contribution in [2.45, 2.75) is 26.7 Å². The summed E-state index contributed by atoms with van der Waals surface area (Å²) in [7, 11) is 0. The molecule has 0 fully saturated rings. The summed E-state index contributed by atoms with van der Waals surface area (Å²) < 4.78 is 1.56. The van der Waals surface area contributed by atoms with Crippen molar-refractivity contribution in [2.75, 3.05) is 5.43 Å². The Balaban J connectivity index is 2.19. The lowest BCUT2D eigenvalue weighted by molar-refractivity contribution is 0.944. The molecule has 3 rings (SSSR count). The average molecular weight is 320 g/mol. The van der Waals surface area contributed by atoms with Crippen LogP contribution in [0.2, 0.25) is 0 Å². The van der Waals surface area contributed by atoms with Crippen LogP contribution >= 0.6 is 0 Å². The molecule has 0 saturated carbocycles. The van der Waals surface area contributed by atoms with Gasteiger partial charge in [-0.15, -0.1) is 0 Å². The van der Waals surface area contributed by atoms with Crippen LogP contribution < -0.4 is 11.0 Å². The lowest BCUT2D eigenvalue weighted by atomic mass is 10.2. The van der Waals surface area contributed by atoms with Crippen LogP contribution in [0.4, 0.5) is 5.95 Å². The van der Waals surface area contributed by atoms with E-state index in [1.165, 1.54) is 0 Å². The van der Waals surface area contributed by atoms with E-state index in [4.69, 9.17) is 0 Å². The largest absolute Gasteiger partial charge is 0.268 e. The molecule has 1 heterocycles. The van der Waals surface area contributed by atoms with Gasteiger partial charge >= 0.3 is 0 Å². The van der Waals surface area contributed by atoms with E-state index in [-0.39, 0.29) is 5.56 Å². The summed E-state index contributed by atoms with van der Waals surface area (Å²) in [6.45, 7) is 4.07. The van der Waals surface area contributed by atoms with Crippen LogP contribution in [0, 0.1) is 0 Å². The summed E-state index contributed by atoms with van der Waals surface area (Å²) in [5, 5.41) is 4.95. The van der Waals surface area contributed by atoms with Gasteiger partial charge in [0.2, 0.25) is 5.95 Å². The molecule has 0 bridgehead atoms. The number of aromatic nitrogens is 2. The van der Waals surface area contributed by atoms with Gasteiger partial charge in [0.05, 0.1) is 16.6 Å². The van der Waals surface area contributed by atoms with Gasteiger partial charge in [0.25, 0.3) is 5.56 Å². The summed E-state index contributed by atoms with van der Waals surface area (Å²) in [6, 6.07) is 16.8. The number of anilines is 1. The van der Waals surface area contributed by atoms with Gasteiger partial charge in [-0.25, -0.2) is 15.0 Å². The van der Waals surface area contributed by atoms with Crippen molar-refractivity contribution in [3.05, 3.63) is 65.0 Å². The number of hydrazone groups is 1. The summed E-state index contributed by atoms with van der Waals surface area (Å²) in [5.74, 6) is 0.417. The molecule has 0 aliphatic rings. The molecule has 0 radical (unpaired) electrons. The minimum absolute atomic E-state index is 0.113. The number of nitrogens with one attached hydrogen (secondary N) is 1. The second kappa shape index (κ2) is 7.08. The van der Waals surface area contributed by atoms with Crippen LogP contribution in [0.25, 0.3) is 16.6 Å². The molecule has 0 amide bonds. The van der Waals surface area contributed by atoms with Crippen LogP contribution in [-0.2, 0) is 0 Å². The van der Waals surface area contributed by atoms with E-state index in [2.05, 4.69) is 22.4 Å². The maximum absolute atomic E-state index is 13.0. The molecule has 24 heavy (non-hydrogen) atoms. The van der Waals surface area contributed by atoms with Gasteiger partial charge < -0.3 is 0 Å². The van der Waals surface area contributed by atoms with E-state index in [0.717, 1.165) is 24.2 Å². The van der Waals surface area contributed by atoms with Gasteiger partial charge in [-0.2, -0.15) is 5.10 Å². The van der Waals surface area contributed by atoms with Crippen molar-refractivity contribution in [2.24, 2.45) is 5.10 Å². The van der Waals surface area contributed by atoms with Crippen LogP contribution in [0.15, 0.2) is 64.5 Å². The lowest BCUT2D eigenvalue weighted by Gasteiger charge is -2.13. The van der Waals surface area contributed by atoms with Gasteiger partial charge in [0.1, 0.15) is 0 Å². The number of nitrogens with zero attached hydrogens (tertiary/aromatic N) is 3. The number of hydrogen-bond acceptors (Lipinski definition) is 4. The maximum atomic E-state index is 13.0. The fourth-order valence-corrected chi connectivity index (χ4v) is 2.59. The highest BCUT2D eigenvalue weighted by Crippen LogP contribution is 2.16. The van der Waals surface area contributed by atoms with Crippen molar-refractivity contribution in [3.63, 3.8) is 0 Å². The molecule has 0 spiro atoms. The van der Waals surface area contributed by atoms with Gasteiger partial charge in [0, 0.05) is 5.71 Å². The molecule has 0 unspecified atom stereocenters. The van der Waals surface area contributed by atoms with Crippen molar-refractivity contribution in [3.8, 4) is 5.69 Å². The first-order valence-electron chi connectivity index (χ1n) is 8.07. The Kier molecular flexibility index (Phi) is 4.70. The van der Waals surface area contributed by atoms with Crippen molar-refractivity contribution in [1.29, 1.82) is 0 Å². The topological polar surface area (TPSA) is 59.3 Å². The quantitative estimate of drug-likeness (QED) is 0.571. The van der Waals surface area contributed by atoms with Crippen molar-refractivity contribution in [1.82, 2.24) is 9.55 Å². The molecule has 122 valence electrons. The monoisotopic (exact) mass is 320 g/mol. The van der Waals surface area contributed by atoms with E-state index in [9.17, 15) is 4.79 Å². The third kappa shape index (κ3) is 3.20. The Morgan fingerprint density at radius 2 is 1.83 bits per heavy atom. The molecule has 2 aromatic carbocycles. The molecule has 5 nitrogen and oxygen atoms in total. The second-order valence-electron chi connectivity index (χ2n) is 5.64. The molecule has 1 N–H and O–H groups in total. The lowest BCUT2D eigenvalue weighted by Crippen LogP contribution is -2.22. The zero-order valence-corrected chi connectivity index (χ0v) is 13.9. The highest BCUT2D eigenvalue weighted by molar-refractivity contribution is 5.83. The standard InChI is InChI=1S/C19H20N4O/c1-3-9-14(2)21-22-19-20-17-13-8-7-12-16(17)18(24)23(19)15-10-5-4-6-11-15/h4-8,10-13H,3,9H2,1-2H3,(H,20,22)/b21-14+. The third-order valence-electron chi connectivity index (χ3n) is 3.75. The molecule has 0 saturated heterocycles. The van der Waals surface area contributed by atoms with Crippen molar-refractivity contribution < 1.29 is 0 Å². The van der Waals surface area contributed by atoms with E-state index >= 15 is 0 Å². The first-order chi connectivity index (χ1) is 11.7. The molecule has 3 aromatic rings. The number of rotatable bonds is 5. The SMILES string of the molecule is CCC/C(C)=N/Nc1nc2ccccc2c(=O)n1-c1ccccc1. The highest BCUT2D eigenvalue weighted by atomic mass is 16.1. The predicted octanol–water partition coefficient (Wildman–Crippen LogP) is 3.97. The first kappa shape index (κ1) is 15.9. The fraction of sp³-hybridized carbons (Fsp3) is 0.211. The Morgan fingerprint density at radius 3 is 2.58 bits per heavy atom. The third-order valence-corrected chi connectivity index (χ3v) is 3.75. The molecule has 1 aromatic heterocycles. The van der Waals surface area contributed by atoms with E-state index in [0.29, 0.717) is 16.9 Å². The minimum Gasteiger partial charge on any atom is -0.268 e. The highest BCUT2D eigenvalue weighted by Gasteiger charge is 2.12. The number of fused-ring (bicyclic) bond motifs is 1. The van der Waals surface area contributed by atoms with Gasteiger partial charge in [-0.3, -0.25) is 4.79 Å². The molecule has 5 heteroatoms. The molecule has 0 aliphatic carbocycles. The number of hydrogen-bond donors (Lipinski definition) is 1. The Bertz CT molecular complexity index is 929. The van der Waals surface area contributed by atoms with Crippen LogP contribution in [0.3, 0.4) is 0 Å². The molecule has 0 atom stereocenters. The predicted molar refractivity (Wildman–Crippen MR) is 99.0 cm³/mol. The average Bonchev–Trinajstić information content (AvgIpc) is 2.61. The molecular weight excluding hydrogens is 300 g/mol. The van der Waals surface area contributed by atoms with Crippen LogP contribution in [0.5, 0.6) is 0 Å². The fourth-order valence-electron chi connectivity index (χ4n) is 2.59. The summed E-state index contributed by atoms with van der Waals surface area (Å²) in [6.07, 6.45) is 1.92. The van der Waals surface area contributed by atoms with Gasteiger partial charge in [-0.1, -0.05) is 43.7 Å². The van der Waals surface area contributed by atoms with E-state index in [1.54, 1.807) is 10.6 Å². The summed E-state index contributed by atoms with van der Waals surface area (Å²) >= 11 is 0. The van der Waals surface area contributed by atoms with Crippen LogP contribution in [0.1, 0.15) is 26.7 Å². The Labute approximate surface area is 140 Å². The smallest absolute Gasteiger partial charge is 0.267 e. The number of benzene rings is 2. The zero-order valence-electron chi connectivity index (χ0n) is 13.9. The number of para-hydroxylation sites is 2. The summed E-state index contributed by atoms with van der Waals surface area (Å²) in [5.41, 5.74) is 5.24.